The molecule has 82 valence electrons. The summed E-state index contributed by atoms with van der Waals surface area (Å²) in [4.78, 5) is 0. The molecule has 0 amide bonds. The van der Waals surface area contributed by atoms with E-state index in [0.717, 1.165) is 15.8 Å². The molecule has 0 N–H and O–H groups in total. The van der Waals surface area contributed by atoms with E-state index in [1.807, 2.05) is 12.1 Å². The Hall–Kier alpha value is -0.760. The van der Waals surface area contributed by atoms with Crippen molar-refractivity contribution >= 4 is 22.0 Å². The van der Waals surface area contributed by atoms with Crippen molar-refractivity contribution in [2.75, 3.05) is 7.11 Å². The summed E-state index contributed by atoms with van der Waals surface area (Å²) < 4.78 is 6.36. The number of halogens is 1. The third-order valence-corrected chi connectivity index (χ3v) is 2.45. The van der Waals surface area contributed by atoms with Crippen molar-refractivity contribution in [1.82, 2.24) is 0 Å². The molecule has 0 atom stereocenters. The van der Waals surface area contributed by atoms with Gasteiger partial charge >= 0.3 is 0 Å². The molecule has 0 saturated carbocycles. The van der Waals surface area contributed by atoms with Gasteiger partial charge in [-0.3, -0.25) is 0 Å². The van der Waals surface area contributed by atoms with E-state index in [1.165, 1.54) is 0 Å². The van der Waals surface area contributed by atoms with Crippen molar-refractivity contribution in [3.05, 3.63) is 34.3 Å². The first-order chi connectivity index (χ1) is 6.92. The number of benzene rings is 1. The molecule has 0 bridgehead atoms. The van der Waals surface area contributed by atoms with Crippen molar-refractivity contribution in [1.29, 1.82) is 0 Å². The zero-order chi connectivity index (χ0) is 11.5. The topological polar surface area (TPSA) is 9.23 Å². The van der Waals surface area contributed by atoms with Crippen LogP contribution in [0, 0.1) is 5.41 Å². The molecule has 15 heavy (non-hydrogen) atoms. The number of ether oxygens (including phenoxy) is 1. The van der Waals surface area contributed by atoms with Gasteiger partial charge < -0.3 is 4.74 Å². The summed E-state index contributed by atoms with van der Waals surface area (Å²) in [6.45, 7) is 6.52. The quantitative estimate of drug-likeness (QED) is 0.767. The van der Waals surface area contributed by atoms with E-state index in [-0.39, 0.29) is 5.41 Å². The summed E-state index contributed by atoms with van der Waals surface area (Å²) in [7, 11) is 1.69. The van der Waals surface area contributed by atoms with Crippen molar-refractivity contribution in [2.45, 2.75) is 20.8 Å². The summed E-state index contributed by atoms with van der Waals surface area (Å²) in [5, 5.41) is 0. The molecule has 0 fully saturated rings. The van der Waals surface area contributed by atoms with Crippen LogP contribution in [0.4, 0.5) is 0 Å². The average molecular weight is 269 g/mol. The molecule has 0 aliphatic rings. The Labute approximate surface area is 100 Å². The van der Waals surface area contributed by atoms with E-state index in [2.05, 4.69) is 54.9 Å². The number of rotatable bonds is 2. The molecular weight excluding hydrogens is 252 g/mol. The van der Waals surface area contributed by atoms with Gasteiger partial charge in [0.05, 0.1) is 7.11 Å². The van der Waals surface area contributed by atoms with Crippen LogP contribution in [0.3, 0.4) is 0 Å². The van der Waals surface area contributed by atoms with Gasteiger partial charge in [-0.05, 0) is 23.6 Å². The highest BCUT2D eigenvalue weighted by molar-refractivity contribution is 9.10. The molecule has 0 unspecified atom stereocenters. The SMILES string of the molecule is COc1ccc(Br)cc1/C=C\C(C)(C)C. The summed E-state index contributed by atoms with van der Waals surface area (Å²) in [5.41, 5.74) is 1.29. The monoisotopic (exact) mass is 268 g/mol. The van der Waals surface area contributed by atoms with Gasteiger partial charge in [-0.15, -0.1) is 0 Å². The van der Waals surface area contributed by atoms with Crippen molar-refractivity contribution < 1.29 is 4.74 Å². The Morgan fingerprint density at radius 1 is 1.27 bits per heavy atom. The zero-order valence-electron chi connectivity index (χ0n) is 9.67. The highest BCUT2D eigenvalue weighted by Gasteiger charge is 2.05. The average Bonchev–Trinajstić information content (AvgIpc) is 2.14. The second kappa shape index (κ2) is 4.84. The van der Waals surface area contributed by atoms with Gasteiger partial charge in [0.1, 0.15) is 5.75 Å². The first kappa shape index (κ1) is 12.3. The maximum atomic E-state index is 5.29. The number of hydrogen-bond acceptors (Lipinski definition) is 1. The summed E-state index contributed by atoms with van der Waals surface area (Å²) >= 11 is 3.46. The molecule has 0 spiro atoms. The Morgan fingerprint density at radius 3 is 2.47 bits per heavy atom. The fourth-order valence-corrected chi connectivity index (χ4v) is 1.55. The van der Waals surface area contributed by atoms with E-state index in [1.54, 1.807) is 7.11 Å². The molecule has 0 aromatic heterocycles. The third kappa shape index (κ3) is 4.08. The van der Waals surface area contributed by atoms with E-state index in [9.17, 15) is 0 Å². The second-order valence-corrected chi connectivity index (χ2v) is 5.50. The Morgan fingerprint density at radius 2 is 1.93 bits per heavy atom. The summed E-state index contributed by atoms with van der Waals surface area (Å²) in [6.07, 6.45) is 4.28. The van der Waals surface area contributed by atoms with E-state index in [0.29, 0.717) is 0 Å². The molecule has 0 aliphatic heterocycles. The normalized spacial score (nSPS) is 12.1. The fourth-order valence-electron chi connectivity index (χ4n) is 1.18. The van der Waals surface area contributed by atoms with E-state index >= 15 is 0 Å². The summed E-state index contributed by atoms with van der Waals surface area (Å²) in [6, 6.07) is 6.00. The molecule has 2 heteroatoms. The molecule has 1 aromatic rings. The van der Waals surface area contributed by atoms with Crippen LogP contribution in [-0.2, 0) is 0 Å². The van der Waals surface area contributed by atoms with Gasteiger partial charge in [0.15, 0.2) is 0 Å². The molecule has 0 aliphatic carbocycles. The molecule has 1 nitrogen and oxygen atoms in total. The molecule has 1 aromatic carbocycles. The van der Waals surface area contributed by atoms with Crippen LogP contribution < -0.4 is 4.74 Å². The first-order valence-electron chi connectivity index (χ1n) is 4.95. The predicted octanol–water partition coefficient (Wildman–Crippen LogP) is 4.52. The highest BCUT2D eigenvalue weighted by Crippen LogP contribution is 2.26. The number of hydrogen-bond donors (Lipinski definition) is 0. The number of methoxy groups -OCH3 is 1. The molecule has 1 rings (SSSR count). The van der Waals surface area contributed by atoms with E-state index in [4.69, 9.17) is 4.74 Å². The minimum absolute atomic E-state index is 0.188. The Bertz CT molecular complexity index is 361. The van der Waals surface area contributed by atoms with Gasteiger partial charge in [0.2, 0.25) is 0 Å². The third-order valence-electron chi connectivity index (χ3n) is 1.95. The van der Waals surface area contributed by atoms with Gasteiger partial charge in [0, 0.05) is 10.0 Å². The molecular formula is C13H17BrO. The smallest absolute Gasteiger partial charge is 0.126 e. The number of allylic oxidation sites excluding steroid dienone is 1. The minimum Gasteiger partial charge on any atom is -0.496 e. The molecule has 0 saturated heterocycles. The minimum atomic E-state index is 0.188. The molecule has 0 heterocycles. The maximum absolute atomic E-state index is 5.29. The van der Waals surface area contributed by atoms with Gasteiger partial charge in [-0.1, -0.05) is 48.9 Å². The highest BCUT2D eigenvalue weighted by atomic mass is 79.9. The Balaban J connectivity index is 3.02. The van der Waals surface area contributed by atoms with Crippen LogP contribution in [-0.4, -0.2) is 7.11 Å². The van der Waals surface area contributed by atoms with E-state index < -0.39 is 0 Å². The van der Waals surface area contributed by atoms with Gasteiger partial charge in [0.25, 0.3) is 0 Å². The van der Waals surface area contributed by atoms with Crippen LogP contribution in [0.2, 0.25) is 0 Å². The Kier molecular flexibility index (Phi) is 3.97. The van der Waals surface area contributed by atoms with Crippen LogP contribution in [0.5, 0.6) is 5.75 Å². The van der Waals surface area contributed by atoms with Gasteiger partial charge in [-0.2, -0.15) is 0 Å². The zero-order valence-corrected chi connectivity index (χ0v) is 11.3. The van der Waals surface area contributed by atoms with Crippen molar-refractivity contribution in [3.63, 3.8) is 0 Å². The maximum Gasteiger partial charge on any atom is 0.126 e. The second-order valence-electron chi connectivity index (χ2n) is 4.59. The lowest BCUT2D eigenvalue weighted by Gasteiger charge is -2.12. The van der Waals surface area contributed by atoms with Gasteiger partial charge in [-0.25, -0.2) is 0 Å². The molecule has 0 radical (unpaired) electrons. The largest absolute Gasteiger partial charge is 0.496 e. The first-order valence-corrected chi connectivity index (χ1v) is 5.74. The standard InChI is InChI=1S/C13H17BrO/c1-13(2,3)8-7-10-9-11(14)5-6-12(10)15-4/h5-9H,1-4H3/b8-7-. The summed E-state index contributed by atoms with van der Waals surface area (Å²) in [5.74, 6) is 0.902. The van der Waals surface area contributed by atoms with Crippen LogP contribution >= 0.6 is 15.9 Å². The van der Waals surface area contributed by atoms with Crippen LogP contribution in [0.25, 0.3) is 6.08 Å². The fraction of sp³-hybridized carbons (Fsp3) is 0.385. The van der Waals surface area contributed by atoms with Crippen molar-refractivity contribution in [2.24, 2.45) is 5.41 Å². The van der Waals surface area contributed by atoms with Crippen LogP contribution in [0.15, 0.2) is 28.7 Å². The van der Waals surface area contributed by atoms with Crippen LogP contribution in [0.1, 0.15) is 26.3 Å². The predicted molar refractivity (Wildman–Crippen MR) is 69.2 cm³/mol. The lowest BCUT2D eigenvalue weighted by atomic mass is 9.95. The lowest BCUT2D eigenvalue weighted by Crippen LogP contribution is -1.98. The lowest BCUT2D eigenvalue weighted by molar-refractivity contribution is 0.413. The van der Waals surface area contributed by atoms with Crippen molar-refractivity contribution in [3.8, 4) is 5.75 Å².